The fraction of sp³-hybridized carbons (Fsp3) is 0.250. The lowest BCUT2D eigenvalue weighted by molar-refractivity contribution is -0.120. The minimum atomic E-state index is -1.12. The number of carbonyl (C=O) groups excluding carboxylic acids is 2. The summed E-state index contributed by atoms with van der Waals surface area (Å²) in [4.78, 5) is 33.4. The molecule has 0 saturated heterocycles. The van der Waals surface area contributed by atoms with Gasteiger partial charge >= 0.3 is 12.0 Å². The van der Waals surface area contributed by atoms with E-state index in [-0.39, 0.29) is 30.1 Å². The highest BCUT2D eigenvalue weighted by Gasteiger charge is 2.11. The molecule has 0 aliphatic heterocycles. The highest BCUT2D eigenvalue weighted by atomic mass is 16.4. The first-order valence-corrected chi connectivity index (χ1v) is 5.62. The Morgan fingerprint density at radius 3 is 2.53 bits per heavy atom. The molecule has 7 heteroatoms. The van der Waals surface area contributed by atoms with Crippen molar-refractivity contribution in [1.29, 1.82) is 0 Å². The zero-order valence-electron chi connectivity index (χ0n) is 10.4. The van der Waals surface area contributed by atoms with Gasteiger partial charge in [0.05, 0.1) is 11.3 Å². The van der Waals surface area contributed by atoms with Crippen LogP contribution >= 0.6 is 0 Å². The van der Waals surface area contributed by atoms with E-state index in [1.165, 1.54) is 19.2 Å². The van der Waals surface area contributed by atoms with E-state index in [1.54, 1.807) is 12.1 Å². The number of rotatable bonds is 5. The van der Waals surface area contributed by atoms with Crippen LogP contribution in [0.2, 0.25) is 0 Å². The summed E-state index contributed by atoms with van der Waals surface area (Å²) in [6.45, 7) is 0.167. The van der Waals surface area contributed by atoms with E-state index in [4.69, 9.17) is 5.11 Å². The average molecular weight is 265 g/mol. The van der Waals surface area contributed by atoms with Crippen molar-refractivity contribution in [2.75, 3.05) is 18.9 Å². The highest BCUT2D eigenvalue weighted by molar-refractivity contribution is 6.00. The molecule has 1 aromatic rings. The van der Waals surface area contributed by atoms with E-state index in [0.29, 0.717) is 0 Å². The van der Waals surface area contributed by atoms with Crippen molar-refractivity contribution in [3.63, 3.8) is 0 Å². The van der Waals surface area contributed by atoms with Crippen molar-refractivity contribution in [3.05, 3.63) is 29.8 Å². The third kappa shape index (κ3) is 4.66. The predicted molar refractivity (Wildman–Crippen MR) is 69.1 cm³/mol. The molecule has 1 aromatic carbocycles. The molecule has 0 heterocycles. The second-order valence-electron chi connectivity index (χ2n) is 3.65. The molecule has 0 spiro atoms. The molecule has 4 N–H and O–H groups in total. The summed E-state index contributed by atoms with van der Waals surface area (Å²) in [6, 6.07) is 5.51. The normalized spacial score (nSPS) is 9.53. The van der Waals surface area contributed by atoms with E-state index in [1.807, 2.05) is 0 Å². The summed E-state index contributed by atoms with van der Waals surface area (Å²) in [6.07, 6.45) is 0.157. The molecule has 102 valence electrons. The van der Waals surface area contributed by atoms with Gasteiger partial charge in [-0.15, -0.1) is 0 Å². The molecular weight excluding hydrogens is 250 g/mol. The highest BCUT2D eigenvalue weighted by Crippen LogP contribution is 2.14. The van der Waals surface area contributed by atoms with Gasteiger partial charge in [-0.05, 0) is 12.1 Å². The van der Waals surface area contributed by atoms with Gasteiger partial charge in [0.15, 0.2) is 0 Å². The van der Waals surface area contributed by atoms with Crippen LogP contribution in [-0.2, 0) is 4.79 Å². The maximum absolute atomic E-state index is 11.5. The number of anilines is 1. The number of carbonyl (C=O) groups is 3. The Labute approximate surface area is 110 Å². The van der Waals surface area contributed by atoms with Gasteiger partial charge in [0.2, 0.25) is 5.91 Å². The van der Waals surface area contributed by atoms with Crippen molar-refractivity contribution in [2.45, 2.75) is 6.42 Å². The minimum absolute atomic E-state index is 0.00366. The number of aromatic carboxylic acids is 1. The minimum Gasteiger partial charge on any atom is -0.478 e. The Morgan fingerprint density at radius 1 is 1.21 bits per heavy atom. The Balaban J connectivity index is 2.53. The molecule has 0 saturated carbocycles. The fourth-order valence-electron chi connectivity index (χ4n) is 1.36. The molecule has 0 unspecified atom stereocenters. The fourth-order valence-corrected chi connectivity index (χ4v) is 1.36. The van der Waals surface area contributed by atoms with Crippen LogP contribution in [0.15, 0.2) is 24.3 Å². The van der Waals surface area contributed by atoms with Gasteiger partial charge in [-0.2, -0.15) is 0 Å². The lowest BCUT2D eigenvalue weighted by Gasteiger charge is -2.09. The molecule has 3 amide bonds. The SMILES string of the molecule is CNC(=O)CCNC(=O)Nc1ccccc1C(=O)O. The number of hydrogen-bond acceptors (Lipinski definition) is 3. The topological polar surface area (TPSA) is 108 Å². The largest absolute Gasteiger partial charge is 0.478 e. The van der Waals surface area contributed by atoms with Gasteiger partial charge in [0.1, 0.15) is 0 Å². The Kier molecular flexibility index (Phi) is 5.34. The number of amides is 3. The van der Waals surface area contributed by atoms with Crippen molar-refractivity contribution in [3.8, 4) is 0 Å². The predicted octanol–water partition coefficient (Wildman–Crippen LogP) is 0.642. The van der Waals surface area contributed by atoms with E-state index in [0.717, 1.165) is 0 Å². The van der Waals surface area contributed by atoms with Crippen LogP contribution in [0.4, 0.5) is 10.5 Å². The van der Waals surface area contributed by atoms with Crippen LogP contribution in [0, 0.1) is 0 Å². The summed E-state index contributed by atoms with van der Waals surface area (Å²) in [5.41, 5.74) is 0.205. The summed E-state index contributed by atoms with van der Waals surface area (Å²) in [5, 5.41) is 16.2. The molecule has 0 aliphatic rings. The van der Waals surface area contributed by atoms with Crippen LogP contribution in [0.1, 0.15) is 16.8 Å². The summed E-state index contributed by atoms with van der Waals surface area (Å²) in [7, 11) is 1.51. The first kappa shape index (κ1) is 14.5. The first-order valence-electron chi connectivity index (χ1n) is 5.62. The number of carboxylic acids is 1. The van der Waals surface area contributed by atoms with E-state index < -0.39 is 12.0 Å². The monoisotopic (exact) mass is 265 g/mol. The lowest BCUT2D eigenvalue weighted by Crippen LogP contribution is -2.32. The number of carboxylic acid groups (broad SMARTS) is 1. The molecule has 0 aromatic heterocycles. The van der Waals surface area contributed by atoms with Crippen molar-refractivity contribution in [2.24, 2.45) is 0 Å². The summed E-state index contributed by atoms with van der Waals surface area (Å²) in [5.74, 6) is -1.31. The second kappa shape index (κ2) is 7.00. The number of para-hydroxylation sites is 1. The van der Waals surface area contributed by atoms with Gasteiger partial charge in [0.25, 0.3) is 0 Å². The zero-order chi connectivity index (χ0) is 14.3. The quantitative estimate of drug-likeness (QED) is 0.626. The Hall–Kier alpha value is -2.57. The van der Waals surface area contributed by atoms with Gasteiger partial charge < -0.3 is 21.1 Å². The van der Waals surface area contributed by atoms with Gasteiger partial charge in [-0.1, -0.05) is 12.1 Å². The van der Waals surface area contributed by atoms with E-state index in [2.05, 4.69) is 16.0 Å². The molecule has 1 rings (SSSR count). The van der Waals surface area contributed by atoms with E-state index >= 15 is 0 Å². The molecular formula is C12H15N3O4. The van der Waals surface area contributed by atoms with Crippen molar-refractivity contribution >= 4 is 23.6 Å². The van der Waals surface area contributed by atoms with Crippen molar-refractivity contribution in [1.82, 2.24) is 10.6 Å². The summed E-state index contributed by atoms with van der Waals surface area (Å²) >= 11 is 0. The van der Waals surface area contributed by atoms with Gasteiger partial charge in [-0.3, -0.25) is 4.79 Å². The van der Waals surface area contributed by atoms with Gasteiger partial charge in [0, 0.05) is 20.0 Å². The molecule has 0 atom stereocenters. The third-order valence-electron chi connectivity index (χ3n) is 2.32. The molecule has 19 heavy (non-hydrogen) atoms. The lowest BCUT2D eigenvalue weighted by atomic mass is 10.2. The molecule has 0 bridgehead atoms. The Bertz CT molecular complexity index is 488. The maximum atomic E-state index is 11.5. The van der Waals surface area contributed by atoms with Crippen LogP contribution in [-0.4, -0.2) is 36.6 Å². The van der Waals surface area contributed by atoms with Gasteiger partial charge in [-0.25, -0.2) is 9.59 Å². The smallest absolute Gasteiger partial charge is 0.337 e. The van der Waals surface area contributed by atoms with Crippen LogP contribution in [0.3, 0.4) is 0 Å². The zero-order valence-corrected chi connectivity index (χ0v) is 10.4. The van der Waals surface area contributed by atoms with Crippen LogP contribution in [0.25, 0.3) is 0 Å². The standard InChI is InChI=1S/C12H15N3O4/c1-13-10(16)6-7-14-12(19)15-9-5-3-2-4-8(9)11(17)18/h2-5H,6-7H2,1H3,(H,13,16)(H,17,18)(H2,14,15,19). The maximum Gasteiger partial charge on any atom is 0.337 e. The molecule has 7 nitrogen and oxygen atoms in total. The number of nitrogens with one attached hydrogen (secondary N) is 3. The van der Waals surface area contributed by atoms with Crippen LogP contribution < -0.4 is 16.0 Å². The number of hydrogen-bond donors (Lipinski definition) is 4. The molecule has 0 radical (unpaired) electrons. The number of benzene rings is 1. The third-order valence-corrected chi connectivity index (χ3v) is 2.32. The number of urea groups is 1. The van der Waals surface area contributed by atoms with Crippen LogP contribution in [0.5, 0.6) is 0 Å². The van der Waals surface area contributed by atoms with E-state index in [9.17, 15) is 14.4 Å². The molecule has 0 fully saturated rings. The first-order chi connectivity index (χ1) is 9.04. The summed E-state index contributed by atoms with van der Waals surface area (Å²) < 4.78 is 0. The Morgan fingerprint density at radius 2 is 1.89 bits per heavy atom. The van der Waals surface area contributed by atoms with Crippen molar-refractivity contribution < 1.29 is 19.5 Å². The molecule has 0 aliphatic carbocycles. The average Bonchev–Trinajstić information content (AvgIpc) is 2.38. The second-order valence-corrected chi connectivity index (χ2v) is 3.65.